The van der Waals surface area contributed by atoms with Crippen LogP contribution < -0.4 is 11.1 Å². The number of rotatable bonds is 4. The summed E-state index contributed by atoms with van der Waals surface area (Å²) in [5.41, 5.74) is 7.98. The van der Waals surface area contributed by atoms with Crippen molar-refractivity contribution in [1.82, 2.24) is 4.57 Å². The predicted octanol–water partition coefficient (Wildman–Crippen LogP) is 3.54. The van der Waals surface area contributed by atoms with E-state index in [0.29, 0.717) is 12.2 Å². The summed E-state index contributed by atoms with van der Waals surface area (Å²) in [6, 6.07) is 9.59. The van der Waals surface area contributed by atoms with Crippen LogP contribution in [0.5, 0.6) is 0 Å². The number of nitrogens with two attached hydrogens (primary N) is 1. The van der Waals surface area contributed by atoms with Crippen LogP contribution in [0.2, 0.25) is 0 Å². The van der Waals surface area contributed by atoms with Gasteiger partial charge in [0, 0.05) is 28.9 Å². The molecule has 0 aliphatic rings. The molecule has 0 unspecified atom stereocenters. The van der Waals surface area contributed by atoms with Crippen molar-refractivity contribution in [2.24, 2.45) is 5.73 Å². The van der Waals surface area contributed by atoms with Crippen LogP contribution in [0.1, 0.15) is 35.9 Å². The molecule has 106 valence electrons. The van der Waals surface area contributed by atoms with E-state index in [4.69, 9.17) is 5.73 Å². The first-order valence-electron chi connectivity index (χ1n) is 6.49. The first-order chi connectivity index (χ1) is 9.52. The molecule has 2 rings (SSSR count). The lowest BCUT2D eigenvalue weighted by atomic mass is 10.1. The molecular weight excluding hydrogens is 318 g/mol. The van der Waals surface area contributed by atoms with Crippen LogP contribution in [0.15, 0.2) is 41.0 Å². The molecule has 0 bridgehead atoms. The number of hydrogen-bond acceptors (Lipinski definition) is 2. The van der Waals surface area contributed by atoms with Gasteiger partial charge in [-0.3, -0.25) is 4.79 Å². The van der Waals surface area contributed by atoms with E-state index >= 15 is 0 Å². The van der Waals surface area contributed by atoms with E-state index in [1.165, 1.54) is 0 Å². The molecule has 3 N–H and O–H groups in total. The summed E-state index contributed by atoms with van der Waals surface area (Å²) in [6.45, 7) is 4.47. The van der Waals surface area contributed by atoms with Gasteiger partial charge in [-0.1, -0.05) is 18.2 Å². The standard InChI is InChI=1S/C15H18BrN3O/c1-10(2)19-9-12(16)7-14(19)15(20)18-13-6-4-3-5-11(13)8-17/h3-7,9-10H,8,17H2,1-2H3,(H,18,20). The van der Waals surface area contributed by atoms with E-state index in [0.717, 1.165) is 15.7 Å². The number of anilines is 1. The second kappa shape index (κ2) is 6.24. The molecule has 0 radical (unpaired) electrons. The van der Waals surface area contributed by atoms with Gasteiger partial charge in [0.05, 0.1) is 0 Å². The predicted molar refractivity (Wildman–Crippen MR) is 84.8 cm³/mol. The smallest absolute Gasteiger partial charge is 0.272 e. The van der Waals surface area contributed by atoms with Gasteiger partial charge in [-0.05, 0) is 47.5 Å². The topological polar surface area (TPSA) is 60.0 Å². The van der Waals surface area contributed by atoms with Crippen LogP contribution in [0.25, 0.3) is 0 Å². The van der Waals surface area contributed by atoms with E-state index in [2.05, 4.69) is 21.2 Å². The number of carbonyl (C=O) groups is 1. The maximum absolute atomic E-state index is 12.4. The zero-order valence-electron chi connectivity index (χ0n) is 11.6. The van der Waals surface area contributed by atoms with Crippen molar-refractivity contribution in [3.05, 3.63) is 52.3 Å². The van der Waals surface area contributed by atoms with Crippen LogP contribution in [0.4, 0.5) is 5.69 Å². The van der Waals surface area contributed by atoms with Gasteiger partial charge in [0.2, 0.25) is 0 Å². The summed E-state index contributed by atoms with van der Waals surface area (Å²) < 4.78 is 2.83. The van der Waals surface area contributed by atoms with Crippen molar-refractivity contribution in [3.8, 4) is 0 Å². The number of amides is 1. The molecule has 1 heterocycles. The molecule has 1 aromatic carbocycles. The molecule has 5 heteroatoms. The Balaban J connectivity index is 2.28. The monoisotopic (exact) mass is 335 g/mol. The first kappa shape index (κ1) is 14.8. The SMILES string of the molecule is CC(C)n1cc(Br)cc1C(=O)Nc1ccccc1CN. The first-order valence-corrected chi connectivity index (χ1v) is 7.29. The van der Waals surface area contributed by atoms with Crippen molar-refractivity contribution in [3.63, 3.8) is 0 Å². The zero-order chi connectivity index (χ0) is 14.7. The molecule has 0 saturated carbocycles. The largest absolute Gasteiger partial charge is 0.340 e. The summed E-state index contributed by atoms with van der Waals surface area (Å²) >= 11 is 3.41. The minimum atomic E-state index is -0.134. The van der Waals surface area contributed by atoms with Crippen LogP contribution in [0.3, 0.4) is 0 Å². The fourth-order valence-electron chi connectivity index (χ4n) is 2.06. The normalized spacial score (nSPS) is 10.8. The van der Waals surface area contributed by atoms with Gasteiger partial charge in [0.15, 0.2) is 0 Å². The van der Waals surface area contributed by atoms with E-state index in [1.807, 2.05) is 54.9 Å². The number of nitrogens with one attached hydrogen (secondary N) is 1. The second-order valence-corrected chi connectivity index (χ2v) is 5.78. The fourth-order valence-corrected chi connectivity index (χ4v) is 2.50. The highest BCUT2D eigenvalue weighted by atomic mass is 79.9. The molecule has 0 fully saturated rings. The van der Waals surface area contributed by atoms with Crippen LogP contribution in [-0.2, 0) is 6.54 Å². The molecule has 20 heavy (non-hydrogen) atoms. The third-order valence-corrected chi connectivity index (χ3v) is 3.52. The van der Waals surface area contributed by atoms with Gasteiger partial charge < -0.3 is 15.6 Å². The van der Waals surface area contributed by atoms with Gasteiger partial charge in [-0.25, -0.2) is 0 Å². The van der Waals surface area contributed by atoms with Gasteiger partial charge in [-0.15, -0.1) is 0 Å². The fraction of sp³-hybridized carbons (Fsp3) is 0.267. The molecule has 0 atom stereocenters. The Morgan fingerprint density at radius 2 is 2.10 bits per heavy atom. The molecule has 2 aromatic rings. The molecule has 1 amide bonds. The van der Waals surface area contributed by atoms with Crippen LogP contribution in [-0.4, -0.2) is 10.5 Å². The maximum atomic E-state index is 12.4. The minimum absolute atomic E-state index is 0.134. The summed E-state index contributed by atoms with van der Waals surface area (Å²) in [5.74, 6) is -0.134. The average molecular weight is 336 g/mol. The highest BCUT2D eigenvalue weighted by Gasteiger charge is 2.15. The van der Waals surface area contributed by atoms with E-state index in [1.54, 1.807) is 0 Å². The average Bonchev–Trinajstić information content (AvgIpc) is 2.82. The summed E-state index contributed by atoms with van der Waals surface area (Å²) in [4.78, 5) is 12.4. The lowest BCUT2D eigenvalue weighted by molar-refractivity contribution is 0.101. The summed E-state index contributed by atoms with van der Waals surface area (Å²) in [7, 11) is 0. The number of carbonyl (C=O) groups excluding carboxylic acids is 1. The Labute approximate surface area is 127 Å². The Bertz CT molecular complexity index is 619. The number of halogens is 1. The third kappa shape index (κ3) is 3.11. The van der Waals surface area contributed by atoms with Gasteiger partial charge >= 0.3 is 0 Å². The highest BCUT2D eigenvalue weighted by Crippen LogP contribution is 2.21. The van der Waals surface area contributed by atoms with Gasteiger partial charge in [-0.2, -0.15) is 0 Å². The van der Waals surface area contributed by atoms with Crippen molar-refractivity contribution in [2.75, 3.05) is 5.32 Å². The Hall–Kier alpha value is -1.59. The third-order valence-electron chi connectivity index (χ3n) is 3.09. The van der Waals surface area contributed by atoms with Crippen molar-refractivity contribution >= 4 is 27.5 Å². The van der Waals surface area contributed by atoms with Gasteiger partial charge in [0.1, 0.15) is 5.69 Å². The highest BCUT2D eigenvalue weighted by molar-refractivity contribution is 9.10. The Kier molecular flexibility index (Phi) is 4.62. The van der Waals surface area contributed by atoms with E-state index in [9.17, 15) is 4.79 Å². The summed E-state index contributed by atoms with van der Waals surface area (Å²) in [5, 5.41) is 2.93. The molecule has 0 saturated heterocycles. The van der Waals surface area contributed by atoms with Crippen LogP contribution in [0, 0.1) is 0 Å². The lowest BCUT2D eigenvalue weighted by Gasteiger charge is -2.14. The number of para-hydroxylation sites is 1. The number of nitrogens with zero attached hydrogens (tertiary/aromatic N) is 1. The van der Waals surface area contributed by atoms with E-state index in [-0.39, 0.29) is 11.9 Å². The van der Waals surface area contributed by atoms with Crippen molar-refractivity contribution < 1.29 is 4.79 Å². The Morgan fingerprint density at radius 3 is 2.75 bits per heavy atom. The molecule has 0 aliphatic carbocycles. The minimum Gasteiger partial charge on any atom is -0.340 e. The lowest BCUT2D eigenvalue weighted by Crippen LogP contribution is -2.19. The summed E-state index contributed by atoms with van der Waals surface area (Å²) in [6.07, 6.45) is 1.91. The van der Waals surface area contributed by atoms with Crippen molar-refractivity contribution in [2.45, 2.75) is 26.4 Å². The van der Waals surface area contributed by atoms with Gasteiger partial charge in [0.25, 0.3) is 5.91 Å². The quantitative estimate of drug-likeness (QED) is 0.897. The molecule has 1 aromatic heterocycles. The number of aromatic nitrogens is 1. The van der Waals surface area contributed by atoms with E-state index < -0.39 is 0 Å². The molecule has 0 aliphatic heterocycles. The molecule has 0 spiro atoms. The maximum Gasteiger partial charge on any atom is 0.272 e. The number of hydrogen-bond donors (Lipinski definition) is 2. The molecular formula is C15H18BrN3O. The zero-order valence-corrected chi connectivity index (χ0v) is 13.1. The Morgan fingerprint density at radius 1 is 1.40 bits per heavy atom. The number of benzene rings is 1. The van der Waals surface area contributed by atoms with Crippen molar-refractivity contribution in [1.29, 1.82) is 0 Å². The second-order valence-electron chi connectivity index (χ2n) is 4.86. The van der Waals surface area contributed by atoms with Crippen LogP contribution >= 0.6 is 15.9 Å². The molecule has 4 nitrogen and oxygen atoms in total.